The van der Waals surface area contributed by atoms with E-state index in [1.807, 2.05) is 36.4 Å². The molecular formula is C25H19ClN4O3. The summed E-state index contributed by atoms with van der Waals surface area (Å²) < 4.78 is 8.57. The fourth-order valence-corrected chi connectivity index (χ4v) is 4.00. The van der Waals surface area contributed by atoms with Gasteiger partial charge in [0.05, 0.1) is 18.2 Å². The van der Waals surface area contributed by atoms with Crippen molar-refractivity contribution < 1.29 is 9.53 Å². The predicted octanol–water partition coefficient (Wildman–Crippen LogP) is 4.61. The maximum atomic E-state index is 13.4. The van der Waals surface area contributed by atoms with Crippen LogP contribution in [0.1, 0.15) is 16.1 Å². The van der Waals surface area contributed by atoms with E-state index in [0.29, 0.717) is 45.4 Å². The summed E-state index contributed by atoms with van der Waals surface area (Å²) in [6, 6.07) is 21.6. The quantitative estimate of drug-likeness (QED) is 0.417. The molecule has 0 bridgehead atoms. The number of carbonyl (C=O) groups excluding carboxylic acids is 1. The van der Waals surface area contributed by atoms with Gasteiger partial charge in [0, 0.05) is 17.8 Å². The number of ether oxygens (including phenoxy) is 1. The van der Waals surface area contributed by atoms with E-state index in [1.54, 1.807) is 47.2 Å². The molecule has 0 saturated carbocycles. The summed E-state index contributed by atoms with van der Waals surface area (Å²) >= 11 is 6.12. The van der Waals surface area contributed by atoms with Crippen LogP contribution in [0.25, 0.3) is 16.7 Å². The molecule has 1 N–H and O–H groups in total. The molecule has 0 aliphatic carbocycles. The lowest BCUT2D eigenvalue weighted by Crippen LogP contribution is -2.18. The van der Waals surface area contributed by atoms with Gasteiger partial charge in [0.2, 0.25) is 0 Å². The van der Waals surface area contributed by atoms with E-state index < -0.39 is 5.91 Å². The van der Waals surface area contributed by atoms with Crippen LogP contribution in [0.15, 0.2) is 83.8 Å². The van der Waals surface area contributed by atoms with Crippen LogP contribution < -0.4 is 15.6 Å². The molecule has 8 heteroatoms. The standard InChI is InChI=1S/C25H19ClN4O3/c1-33-21-11-10-17(26)13-19(21)27-24(31)20-14-18-23(30(20)15-16-7-3-2-4-8-16)28-22-9-5-6-12-29(22)25(18)32/h2-14H,15H2,1H3,(H,27,31). The number of amides is 1. The predicted molar refractivity (Wildman–Crippen MR) is 128 cm³/mol. The lowest BCUT2D eigenvalue weighted by molar-refractivity contribution is 0.101. The van der Waals surface area contributed by atoms with Gasteiger partial charge >= 0.3 is 0 Å². The molecular weight excluding hydrogens is 440 g/mol. The van der Waals surface area contributed by atoms with Gasteiger partial charge in [0.1, 0.15) is 22.7 Å². The summed E-state index contributed by atoms with van der Waals surface area (Å²) in [5.74, 6) is 0.0698. The first-order valence-electron chi connectivity index (χ1n) is 10.2. The van der Waals surface area contributed by atoms with Crippen molar-refractivity contribution in [3.63, 3.8) is 0 Å². The van der Waals surface area contributed by atoms with E-state index >= 15 is 0 Å². The average molecular weight is 459 g/mol. The molecule has 5 aromatic rings. The smallest absolute Gasteiger partial charge is 0.272 e. The second kappa shape index (κ2) is 8.44. The van der Waals surface area contributed by atoms with Crippen molar-refractivity contribution in [1.29, 1.82) is 0 Å². The Morgan fingerprint density at radius 3 is 2.64 bits per heavy atom. The number of hydrogen-bond donors (Lipinski definition) is 1. The minimum absolute atomic E-state index is 0.239. The number of hydrogen-bond acceptors (Lipinski definition) is 4. The number of methoxy groups -OCH3 is 1. The molecule has 0 spiro atoms. The van der Waals surface area contributed by atoms with Crippen molar-refractivity contribution in [2.24, 2.45) is 0 Å². The van der Waals surface area contributed by atoms with Crippen molar-refractivity contribution in [3.8, 4) is 5.75 Å². The number of halogens is 1. The van der Waals surface area contributed by atoms with E-state index in [2.05, 4.69) is 5.32 Å². The van der Waals surface area contributed by atoms with Crippen LogP contribution in [0.5, 0.6) is 5.75 Å². The van der Waals surface area contributed by atoms with E-state index in [-0.39, 0.29) is 5.56 Å². The largest absolute Gasteiger partial charge is 0.495 e. The molecule has 0 unspecified atom stereocenters. The SMILES string of the molecule is COc1ccc(Cl)cc1NC(=O)c1cc2c(=O)n3ccccc3nc2n1Cc1ccccc1. The highest BCUT2D eigenvalue weighted by Gasteiger charge is 2.21. The molecule has 7 nitrogen and oxygen atoms in total. The molecule has 33 heavy (non-hydrogen) atoms. The number of nitrogens with zero attached hydrogens (tertiary/aromatic N) is 3. The number of aromatic nitrogens is 3. The van der Waals surface area contributed by atoms with Crippen molar-refractivity contribution in [3.05, 3.63) is 106 Å². The molecule has 3 heterocycles. The first-order chi connectivity index (χ1) is 16.0. The van der Waals surface area contributed by atoms with Crippen LogP contribution in [0.3, 0.4) is 0 Å². The highest BCUT2D eigenvalue weighted by atomic mass is 35.5. The molecule has 0 aliphatic heterocycles. The number of anilines is 1. The zero-order valence-electron chi connectivity index (χ0n) is 17.7. The minimum Gasteiger partial charge on any atom is -0.495 e. The summed E-state index contributed by atoms with van der Waals surface area (Å²) in [5, 5.41) is 3.68. The first kappa shape index (κ1) is 20.8. The zero-order valence-corrected chi connectivity index (χ0v) is 18.4. The zero-order chi connectivity index (χ0) is 22.9. The number of pyridine rings is 1. The summed E-state index contributed by atoms with van der Waals surface area (Å²) in [4.78, 5) is 31.3. The summed E-state index contributed by atoms with van der Waals surface area (Å²) in [6.07, 6.45) is 1.66. The number of carbonyl (C=O) groups is 1. The van der Waals surface area contributed by atoms with Gasteiger partial charge < -0.3 is 14.6 Å². The Morgan fingerprint density at radius 2 is 1.85 bits per heavy atom. The first-order valence-corrected chi connectivity index (χ1v) is 10.6. The lowest BCUT2D eigenvalue weighted by atomic mass is 10.2. The molecule has 1 amide bonds. The summed E-state index contributed by atoms with van der Waals surface area (Å²) in [5.41, 5.74) is 2.41. The van der Waals surface area contributed by atoms with Crippen LogP contribution in [0.2, 0.25) is 5.02 Å². The third-order valence-electron chi connectivity index (χ3n) is 5.40. The summed E-state index contributed by atoms with van der Waals surface area (Å²) in [6.45, 7) is 0.370. The van der Waals surface area contributed by atoms with Crippen molar-refractivity contribution in [2.75, 3.05) is 12.4 Å². The fraction of sp³-hybridized carbons (Fsp3) is 0.0800. The average Bonchev–Trinajstić information content (AvgIpc) is 3.19. The highest BCUT2D eigenvalue weighted by molar-refractivity contribution is 6.31. The number of benzene rings is 2. The molecule has 0 saturated heterocycles. The second-order valence-electron chi connectivity index (χ2n) is 7.48. The Bertz CT molecular complexity index is 1560. The van der Waals surface area contributed by atoms with E-state index in [0.717, 1.165) is 5.56 Å². The number of rotatable bonds is 5. The van der Waals surface area contributed by atoms with Gasteiger partial charge in [-0.15, -0.1) is 0 Å². The van der Waals surface area contributed by atoms with Gasteiger partial charge in [-0.2, -0.15) is 0 Å². The molecule has 0 aliphatic rings. The maximum Gasteiger partial charge on any atom is 0.272 e. The van der Waals surface area contributed by atoms with Gasteiger partial charge in [0.25, 0.3) is 11.5 Å². The van der Waals surface area contributed by atoms with E-state index in [4.69, 9.17) is 21.3 Å². The number of fused-ring (bicyclic) bond motifs is 2. The molecule has 0 radical (unpaired) electrons. The maximum absolute atomic E-state index is 13.4. The van der Waals surface area contributed by atoms with Gasteiger partial charge in [-0.3, -0.25) is 14.0 Å². The molecule has 2 aromatic carbocycles. The van der Waals surface area contributed by atoms with Crippen LogP contribution in [-0.2, 0) is 6.54 Å². The van der Waals surface area contributed by atoms with E-state index in [1.165, 1.54) is 11.5 Å². The van der Waals surface area contributed by atoms with Gasteiger partial charge in [0.15, 0.2) is 0 Å². The molecule has 3 aromatic heterocycles. The number of nitrogens with one attached hydrogen (secondary N) is 1. The van der Waals surface area contributed by atoms with Crippen LogP contribution in [-0.4, -0.2) is 27.0 Å². The molecule has 5 rings (SSSR count). The van der Waals surface area contributed by atoms with Crippen molar-refractivity contribution >= 4 is 39.9 Å². The van der Waals surface area contributed by atoms with Crippen LogP contribution >= 0.6 is 11.6 Å². The van der Waals surface area contributed by atoms with Crippen molar-refractivity contribution in [1.82, 2.24) is 14.0 Å². The molecule has 164 valence electrons. The topological polar surface area (TPSA) is 77.6 Å². The van der Waals surface area contributed by atoms with Gasteiger partial charge in [-0.25, -0.2) is 4.98 Å². The monoisotopic (exact) mass is 458 g/mol. The van der Waals surface area contributed by atoms with Gasteiger partial charge in [-0.05, 0) is 42.0 Å². The molecule has 0 atom stereocenters. The minimum atomic E-state index is -0.405. The van der Waals surface area contributed by atoms with Crippen LogP contribution in [0, 0.1) is 0 Å². The summed E-state index contributed by atoms with van der Waals surface area (Å²) in [7, 11) is 1.52. The fourth-order valence-electron chi connectivity index (χ4n) is 3.83. The third kappa shape index (κ3) is 3.83. The Labute approximate surface area is 193 Å². The lowest BCUT2D eigenvalue weighted by Gasteiger charge is -2.13. The van der Waals surface area contributed by atoms with Crippen LogP contribution in [0.4, 0.5) is 5.69 Å². The Balaban J connectivity index is 1.68. The second-order valence-corrected chi connectivity index (χ2v) is 7.92. The Hall–Kier alpha value is -4.10. The third-order valence-corrected chi connectivity index (χ3v) is 5.64. The van der Waals surface area contributed by atoms with Crippen molar-refractivity contribution in [2.45, 2.75) is 6.54 Å². The Morgan fingerprint density at radius 1 is 1.06 bits per heavy atom. The Kier molecular flexibility index (Phi) is 5.32. The molecule has 0 fully saturated rings. The highest BCUT2D eigenvalue weighted by Crippen LogP contribution is 2.29. The van der Waals surface area contributed by atoms with E-state index in [9.17, 15) is 9.59 Å². The normalized spacial score (nSPS) is 11.1. The van der Waals surface area contributed by atoms with Gasteiger partial charge in [-0.1, -0.05) is 48.0 Å².